The summed E-state index contributed by atoms with van der Waals surface area (Å²) in [7, 11) is 0. The first-order valence-electron chi connectivity index (χ1n) is 6.91. The van der Waals surface area contributed by atoms with Crippen LogP contribution in [-0.4, -0.2) is 4.57 Å². The van der Waals surface area contributed by atoms with Crippen molar-refractivity contribution in [1.29, 1.82) is 0 Å². The predicted octanol–water partition coefficient (Wildman–Crippen LogP) is 3.55. The molecule has 0 aliphatic heterocycles. The highest BCUT2D eigenvalue weighted by Crippen LogP contribution is 2.05. The van der Waals surface area contributed by atoms with E-state index in [9.17, 15) is 0 Å². The molecule has 0 atom stereocenters. The smallest absolute Gasteiger partial charge is 0.237 e. The third kappa shape index (κ3) is 5.34. The molecular weight excluding hydrogens is 196 g/mol. The molecule has 92 valence electrons. The van der Waals surface area contributed by atoms with Gasteiger partial charge in [0.25, 0.3) is 0 Å². The Morgan fingerprint density at radius 2 is 1.69 bits per heavy atom. The minimum Gasteiger partial charge on any atom is -0.237 e. The summed E-state index contributed by atoms with van der Waals surface area (Å²) in [5.74, 6) is 0. The average Bonchev–Trinajstić information content (AvgIpc) is 2.72. The lowest BCUT2D eigenvalue weighted by molar-refractivity contribution is -0.696. The average molecular weight is 223 g/mol. The second-order valence-electron chi connectivity index (χ2n) is 4.66. The van der Waals surface area contributed by atoms with Gasteiger partial charge in [-0.25, -0.2) is 9.13 Å². The fraction of sp³-hybridized carbons (Fsp3) is 0.786. The molecule has 0 aliphatic rings. The van der Waals surface area contributed by atoms with Crippen LogP contribution in [0.25, 0.3) is 0 Å². The number of nitrogens with zero attached hydrogens (tertiary/aromatic N) is 2. The molecule has 2 nitrogen and oxygen atoms in total. The molecule has 16 heavy (non-hydrogen) atoms. The van der Waals surface area contributed by atoms with Crippen LogP contribution in [0.15, 0.2) is 18.7 Å². The van der Waals surface area contributed by atoms with Gasteiger partial charge in [0.05, 0.1) is 13.1 Å². The van der Waals surface area contributed by atoms with E-state index in [-0.39, 0.29) is 0 Å². The van der Waals surface area contributed by atoms with Crippen LogP contribution in [0.2, 0.25) is 0 Å². The molecule has 1 aromatic rings. The van der Waals surface area contributed by atoms with E-state index in [0.29, 0.717) is 0 Å². The molecule has 2 heteroatoms. The Bertz CT molecular complexity index is 265. The van der Waals surface area contributed by atoms with Gasteiger partial charge in [-0.05, 0) is 19.3 Å². The van der Waals surface area contributed by atoms with Crippen molar-refractivity contribution in [3.8, 4) is 0 Å². The van der Waals surface area contributed by atoms with Gasteiger partial charge in [0, 0.05) is 0 Å². The molecule has 0 aliphatic carbocycles. The van der Waals surface area contributed by atoms with Crippen molar-refractivity contribution in [1.82, 2.24) is 4.57 Å². The van der Waals surface area contributed by atoms with Crippen molar-refractivity contribution in [2.75, 3.05) is 0 Å². The summed E-state index contributed by atoms with van der Waals surface area (Å²) >= 11 is 0. The van der Waals surface area contributed by atoms with Crippen LogP contribution < -0.4 is 4.57 Å². The second kappa shape index (κ2) is 8.37. The standard InChI is InChI=1S/C14H27N2/c1-3-5-6-7-8-9-11-16-13-12-15(14-16)10-4-2/h12-14H,3-11H2,1-2H3/q+1. The number of imidazole rings is 1. The molecule has 0 radical (unpaired) electrons. The normalized spacial score (nSPS) is 10.9. The van der Waals surface area contributed by atoms with Crippen LogP contribution >= 0.6 is 0 Å². The molecule has 0 spiro atoms. The minimum atomic E-state index is 1.14. The van der Waals surface area contributed by atoms with Crippen molar-refractivity contribution in [2.24, 2.45) is 0 Å². The largest absolute Gasteiger partial charge is 0.243 e. The number of aryl methyl sites for hydroxylation is 2. The molecule has 0 saturated heterocycles. The molecule has 1 heterocycles. The molecule has 0 fully saturated rings. The van der Waals surface area contributed by atoms with Gasteiger partial charge in [-0.1, -0.05) is 39.5 Å². The van der Waals surface area contributed by atoms with E-state index in [4.69, 9.17) is 0 Å². The quantitative estimate of drug-likeness (QED) is 0.447. The maximum atomic E-state index is 2.31. The maximum absolute atomic E-state index is 2.31. The van der Waals surface area contributed by atoms with Crippen LogP contribution in [0.5, 0.6) is 0 Å². The molecule has 0 N–H and O–H groups in total. The summed E-state index contributed by atoms with van der Waals surface area (Å²) in [5, 5.41) is 0. The lowest BCUT2D eigenvalue weighted by Gasteiger charge is -1.98. The zero-order chi connectivity index (χ0) is 11.6. The Morgan fingerprint density at radius 1 is 0.938 bits per heavy atom. The summed E-state index contributed by atoms with van der Waals surface area (Å²) in [4.78, 5) is 0. The third-order valence-electron chi connectivity index (χ3n) is 3.00. The molecule has 1 aromatic heterocycles. The van der Waals surface area contributed by atoms with E-state index in [1.165, 1.54) is 51.5 Å². The number of unbranched alkanes of at least 4 members (excludes halogenated alkanes) is 5. The van der Waals surface area contributed by atoms with Crippen molar-refractivity contribution in [3.63, 3.8) is 0 Å². The Morgan fingerprint density at radius 3 is 2.44 bits per heavy atom. The summed E-state index contributed by atoms with van der Waals surface area (Å²) < 4.78 is 4.59. The van der Waals surface area contributed by atoms with E-state index in [2.05, 4.69) is 41.7 Å². The van der Waals surface area contributed by atoms with E-state index >= 15 is 0 Å². The highest BCUT2D eigenvalue weighted by molar-refractivity contribution is 4.66. The van der Waals surface area contributed by atoms with E-state index < -0.39 is 0 Å². The van der Waals surface area contributed by atoms with Gasteiger partial charge in [0.2, 0.25) is 6.33 Å². The Labute approximate surface area is 100 Å². The summed E-state index contributed by atoms with van der Waals surface area (Å²) in [6, 6.07) is 0. The Balaban J connectivity index is 2.07. The molecular formula is C14H27N2+. The van der Waals surface area contributed by atoms with E-state index in [1.54, 1.807) is 0 Å². The first-order chi connectivity index (χ1) is 7.86. The van der Waals surface area contributed by atoms with Gasteiger partial charge >= 0.3 is 0 Å². The van der Waals surface area contributed by atoms with Gasteiger partial charge < -0.3 is 0 Å². The second-order valence-corrected chi connectivity index (χ2v) is 4.66. The van der Waals surface area contributed by atoms with E-state index in [0.717, 1.165) is 6.54 Å². The van der Waals surface area contributed by atoms with Gasteiger partial charge in [-0.2, -0.15) is 0 Å². The number of aromatic nitrogens is 2. The van der Waals surface area contributed by atoms with Gasteiger partial charge in [-0.15, -0.1) is 0 Å². The van der Waals surface area contributed by atoms with Crippen molar-refractivity contribution >= 4 is 0 Å². The molecule has 0 unspecified atom stereocenters. The number of hydrogen-bond acceptors (Lipinski definition) is 0. The number of rotatable bonds is 9. The van der Waals surface area contributed by atoms with E-state index in [1.807, 2.05) is 0 Å². The summed E-state index contributed by atoms with van der Waals surface area (Å²) in [6.07, 6.45) is 16.1. The predicted molar refractivity (Wildman–Crippen MR) is 68.3 cm³/mol. The molecule has 0 saturated carbocycles. The fourth-order valence-electron chi connectivity index (χ4n) is 2.04. The summed E-state index contributed by atoms with van der Waals surface area (Å²) in [6.45, 7) is 6.82. The van der Waals surface area contributed by atoms with Gasteiger partial charge in [0.1, 0.15) is 12.4 Å². The first-order valence-corrected chi connectivity index (χ1v) is 6.91. The monoisotopic (exact) mass is 223 g/mol. The van der Waals surface area contributed by atoms with Crippen LogP contribution in [0.4, 0.5) is 0 Å². The van der Waals surface area contributed by atoms with Crippen molar-refractivity contribution in [3.05, 3.63) is 18.7 Å². The topological polar surface area (TPSA) is 8.81 Å². The molecule has 1 rings (SSSR count). The third-order valence-corrected chi connectivity index (χ3v) is 3.00. The fourth-order valence-corrected chi connectivity index (χ4v) is 2.04. The molecule has 0 bridgehead atoms. The molecule has 0 amide bonds. The zero-order valence-corrected chi connectivity index (χ0v) is 11.0. The van der Waals surface area contributed by atoms with Gasteiger partial charge in [0.15, 0.2) is 0 Å². The number of hydrogen-bond donors (Lipinski definition) is 0. The molecule has 0 aromatic carbocycles. The summed E-state index contributed by atoms with van der Waals surface area (Å²) in [5.41, 5.74) is 0. The van der Waals surface area contributed by atoms with Crippen LogP contribution in [0.1, 0.15) is 58.8 Å². The first kappa shape index (κ1) is 13.3. The SMILES string of the molecule is CCCCCCCCn1cc[n+](CCC)c1. The Hall–Kier alpha value is -0.790. The van der Waals surface area contributed by atoms with Crippen LogP contribution in [-0.2, 0) is 13.1 Å². The lowest BCUT2D eigenvalue weighted by atomic mass is 10.1. The van der Waals surface area contributed by atoms with Crippen molar-refractivity contribution < 1.29 is 4.57 Å². The Kier molecular flexibility index (Phi) is 6.95. The minimum absolute atomic E-state index is 1.14. The zero-order valence-electron chi connectivity index (χ0n) is 11.0. The maximum Gasteiger partial charge on any atom is 0.243 e. The van der Waals surface area contributed by atoms with Crippen LogP contribution in [0, 0.1) is 0 Å². The lowest BCUT2D eigenvalue weighted by Crippen LogP contribution is -2.30. The van der Waals surface area contributed by atoms with Crippen molar-refractivity contribution in [2.45, 2.75) is 71.9 Å². The highest BCUT2D eigenvalue weighted by Gasteiger charge is 2.01. The van der Waals surface area contributed by atoms with Crippen LogP contribution in [0.3, 0.4) is 0 Å². The van der Waals surface area contributed by atoms with Gasteiger partial charge in [-0.3, -0.25) is 0 Å². The highest BCUT2D eigenvalue weighted by atomic mass is 15.1.